The Kier molecular flexibility index (Phi) is 19.1. The number of carbonyl (C=O) groups is 2. The van der Waals surface area contributed by atoms with E-state index in [2.05, 4.69) is 6.58 Å². The Bertz CT molecular complexity index is 72.4. The van der Waals surface area contributed by atoms with E-state index < -0.39 is 0 Å². The topological polar surface area (TPSA) is 54.4 Å². The van der Waals surface area contributed by atoms with E-state index in [-0.39, 0.29) is 13.0 Å². The predicted octanol–water partition coefficient (Wildman–Crippen LogP) is -0.0610. The first-order valence-corrected chi connectivity index (χ1v) is 2.44. The SMILES string of the molecule is C=CC=O.O=CCCO. The molecular formula is C6H10O3. The summed E-state index contributed by atoms with van der Waals surface area (Å²) in [4.78, 5) is 18.3. The van der Waals surface area contributed by atoms with Crippen molar-refractivity contribution in [3.8, 4) is 0 Å². The number of allylic oxidation sites excluding steroid dienone is 1. The molecule has 9 heavy (non-hydrogen) atoms. The van der Waals surface area contributed by atoms with Crippen molar-refractivity contribution < 1.29 is 14.7 Å². The summed E-state index contributed by atoms with van der Waals surface area (Å²) in [5.41, 5.74) is 0. The van der Waals surface area contributed by atoms with E-state index in [1.165, 1.54) is 6.08 Å². The molecule has 0 amide bonds. The maximum absolute atomic E-state index is 9.24. The Morgan fingerprint density at radius 3 is 1.89 bits per heavy atom. The first kappa shape index (κ1) is 10.9. The molecule has 0 radical (unpaired) electrons. The molecule has 0 bridgehead atoms. The van der Waals surface area contributed by atoms with Crippen LogP contribution in [0.5, 0.6) is 0 Å². The summed E-state index contributed by atoms with van der Waals surface area (Å²) >= 11 is 0. The van der Waals surface area contributed by atoms with Crippen LogP contribution in [0.1, 0.15) is 6.42 Å². The normalized spacial score (nSPS) is 6.33. The van der Waals surface area contributed by atoms with E-state index in [0.717, 1.165) is 0 Å². The predicted molar refractivity (Wildman–Crippen MR) is 34.0 cm³/mol. The molecule has 0 aliphatic heterocycles. The molecule has 0 atom stereocenters. The van der Waals surface area contributed by atoms with Crippen molar-refractivity contribution in [1.29, 1.82) is 0 Å². The van der Waals surface area contributed by atoms with Crippen LogP contribution in [0.2, 0.25) is 0 Å². The van der Waals surface area contributed by atoms with E-state index in [0.29, 0.717) is 12.6 Å². The molecule has 0 aliphatic rings. The quantitative estimate of drug-likeness (QED) is 0.430. The van der Waals surface area contributed by atoms with Crippen molar-refractivity contribution in [2.24, 2.45) is 0 Å². The van der Waals surface area contributed by atoms with E-state index in [4.69, 9.17) is 9.90 Å². The monoisotopic (exact) mass is 130 g/mol. The highest BCUT2D eigenvalue weighted by Gasteiger charge is 1.67. The Labute approximate surface area is 54.0 Å². The fourth-order valence-corrected chi connectivity index (χ4v) is 0.0527. The van der Waals surface area contributed by atoms with Crippen molar-refractivity contribution in [3.05, 3.63) is 12.7 Å². The molecular weight excluding hydrogens is 120 g/mol. The smallest absolute Gasteiger partial charge is 0.142 e. The molecule has 0 rings (SSSR count). The highest BCUT2D eigenvalue weighted by Crippen LogP contribution is 1.58. The van der Waals surface area contributed by atoms with E-state index in [9.17, 15) is 4.79 Å². The minimum Gasteiger partial charge on any atom is -0.396 e. The van der Waals surface area contributed by atoms with Gasteiger partial charge >= 0.3 is 0 Å². The van der Waals surface area contributed by atoms with Crippen LogP contribution in [-0.4, -0.2) is 24.3 Å². The largest absolute Gasteiger partial charge is 0.396 e. The number of aliphatic hydroxyl groups excluding tert-OH is 1. The molecule has 1 N–H and O–H groups in total. The molecule has 3 heteroatoms. The fraction of sp³-hybridized carbons (Fsp3) is 0.333. The summed E-state index contributed by atoms with van der Waals surface area (Å²) < 4.78 is 0. The molecule has 52 valence electrons. The third-order valence-corrected chi connectivity index (χ3v) is 0.343. The summed E-state index contributed by atoms with van der Waals surface area (Å²) in [6.45, 7) is 3.09. The van der Waals surface area contributed by atoms with Crippen molar-refractivity contribution in [3.63, 3.8) is 0 Å². The molecule has 0 fully saturated rings. The van der Waals surface area contributed by atoms with Crippen LogP contribution < -0.4 is 0 Å². The lowest BCUT2D eigenvalue weighted by atomic mass is 10.5. The average Bonchev–Trinajstić information content (AvgIpc) is 1.91. The molecule has 0 unspecified atom stereocenters. The van der Waals surface area contributed by atoms with Crippen molar-refractivity contribution >= 4 is 12.6 Å². The van der Waals surface area contributed by atoms with E-state index in [1.54, 1.807) is 0 Å². The maximum Gasteiger partial charge on any atom is 0.142 e. The van der Waals surface area contributed by atoms with Gasteiger partial charge in [-0.3, -0.25) is 4.79 Å². The molecule has 0 saturated heterocycles. The van der Waals surface area contributed by atoms with Crippen LogP contribution in [0.15, 0.2) is 12.7 Å². The minimum atomic E-state index is -0.0243. The van der Waals surface area contributed by atoms with Gasteiger partial charge in [0, 0.05) is 13.0 Å². The first-order chi connectivity index (χ1) is 4.33. The lowest BCUT2D eigenvalue weighted by Crippen LogP contribution is -1.78. The number of aldehydes is 2. The summed E-state index contributed by atoms with van der Waals surface area (Å²) in [5, 5.41) is 7.84. The second kappa shape index (κ2) is 15.7. The Morgan fingerprint density at radius 1 is 1.44 bits per heavy atom. The zero-order valence-electron chi connectivity index (χ0n) is 5.12. The second-order valence-corrected chi connectivity index (χ2v) is 1.05. The zero-order chi connectivity index (χ0) is 7.54. The lowest BCUT2D eigenvalue weighted by Gasteiger charge is -1.69. The van der Waals surface area contributed by atoms with Crippen LogP contribution in [-0.2, 0) is 9.59 Å². The first-order valence-electron chi connectivity index (χ1n) is 2.44. The number of hydrogen-bond donors (Lipinski definition) is 1. The van der Waals surface area contributed by atoms with Crippen molar-refractivity contribution in [2.75, 3.05) is 6.61 Å². The van der Waals surface area contributed by atoms with Gasteiger partial charge in [0.2, 0.25) is 0 Å². The van der Waals surface area contributed by atoms with Gasteiger partial charge in [0.15, 0.2) is 0 Å². The standard InChI is InChI=1S/C3H6O2.C3H4O/c4-2-1-3-5;1-2-3-4/h2,5H,1,3H2;2-3H,1H2. The zero-order valence-corrected chi connectivity index (χ0v) is 5.12. The maximum atomic E-state index is 9.24. The highest BCUT2D eigenvalue weighted by molar-refractivity contribution is 5.63. The molecule has 0 saturated carbocycles. The lowest BCUT2D eigenvalue weighted by molar-refractivity contribution is -0.108. The van der Waals surface area contributed by atoms with Crippen molar-refractivity contribution in [1.82, 2.24) is 0 Å². The summed E-state index contributed by atoms with van der Waals surface area (Å²) in [5.74, 6) is 0. The number of aliphatic hydroxyl groups is 1. The van der Waals surface area contributed by atoms with Gasteiger partial charge in [0.1, 0.15) is 12.6 Å². The van der Waals surface area contributed by atoms with E-state index in [1.807, 2.05) is 0 Å². The highest BCUT2D eigenvalue weighted by atomic mass is 16.3. The van der Waals surface area contributed by atoms with Crippen LogP contribution in [0.3, 0.4) is 0 Å². The molecule has 0 aromatic heterocycles. The van der Waals surface area contributed by atoms with Crippen molar-refractivity contribution in [2.45, 2.75) is 6.42 Å². The molecule has 3 nitrogen and oxygen atoms in total. The fourth-order valence-electron chi connectivity index (χ4n) is 0.0527. The molecule has 0 aromatic carbocycles. The summed E-state index contributed by atoms with van der Waals surface area (Å²) in [7, 11) is 0. The van der Waals surface area contributed by atoms with Gasteiger partial charge in [-0.05, 0) is 6.08 Å². The minimum absolute atomic E-state index is 0.0243. The molecule has 0 spiro atoms. The van der Waals surface area contributed by atoms with Gasteiger partial charge in [-0.1, -0.05) is 6.58 Å². The molecule has 0 aliphatic carbocycles. The van der Waals surface area contributed by atoms with Crippen LogP contribution in [0, 0.1) is 0 Å². The van der Waals surface area contributed by atoms with Gasteiger partial charge < -0.3 is 9.90 Å². The second-order valence-electron chi connectivity index (χ2n) is 1.05. The summed E-state index contributed by atoms with van der Waals surface area (Å²) in [6.07, 6.45) is 2.78. The van der Waals surface area contributed by atoms with Crippen LogP contribution in [0.4, 0.5) is 0 Å². The number of carbonyl (C=O) groups excluding carboxylic acids is 2. The van der Waals surface area contributed by atoms with Crippen LogP contribution >= 0.6 is 0 Å². The Morgan fingerprint density at radius 2 is 1.89 bits per heavy atom. The average molecular weight is 130 g/mol. The number of rotatable bonds is 3. The van der Waals surface area contributed by atoms with E-state index >= 15 is 0 Å². The van der Waals surface area contributed by atoms with Gasteiger partial charge in [-0.2, -0.15) is 0 Å². The van der Waals surface area contributed by atoms with Gasteiger partial charge in [-0.25, -0.2) is 0 Å². The number of hydrogen-bond acceptors (Lipinski definition) is 3. The van der Waals surface area contributed by atoms with Gasteiger partial charge in [-0.15, -0.1) is 0 Å². The third-order valence-electron chi connectivity index (χ3n) is 0.343. The Hall–Kier alpha value is -0.960. The molecule has 0 aromatic rings. The third kappa shape index (κ3) is 43.0. The molecule has 0 heterocycles. The van der Waals surface area contributed by atoms with Crippen LogP contribution in [0.25, 0.3) is 0 Å². The van der Waals surface area contributed by atoms with Gasteiger partial charge in [0.05, 0.1) is 0 Å². The van der Waals surface area contributed by atoms with Gasteiger partial charge in [0.25, 0.3) is 0 Å². The summed E-state index contributed by atoms with van der Waals surface area (Å²) in [6, 6.07) is 0. The Balaban J connectivity index is 0.